The summed E-state index contributed by atoms with van der Waals surface area (Å²) in [4.78, 5) is 8.07. The molecule has 0 bridgehead atoms. The molecule has 0 aliphatic rings. The number of nitrogens with two attached hydrogens (primary N) is 1. The van der Waals surface area contributed by atoms with Crippen LogP contribution in [0.1, 0.15) is 17.4 Å². The smallest absolute Gasteiger partial charge is 0.100 e. The van der Waals surface area contributed by atoms with Crippen LogP contribution in [-0.4, -0.2) is 15.1 Å². The fourth-order valence-corrected chi connectivity index (χ4v) is 1.49. The number of pyridine rings is 2. The van der Waals surface area contributed by atoms with Crippen molar-refractivity contribution in [2.75, 3.05) is 5.73 Å². The van der Waals surface area contributed by atoms with E-state index in [4.69, 9.17) is 5.73 Å². The molecule has 0 radical (unpaired) electrons. The molecule has 0 aliphatic carbocycles. The molecule has 3 N–H and O–H groups in total. The molecular weight excluding hydrogens is 202 g/mol. The lowest BCUT2D eigenvalue weighted by atomic mass is 10.1. The Morgan fingerprint density at radius 2 is 2.12 bits per heavy atom. The number of aliphatic hydroxyl groups is 1. The zero-order valence-electron chi connectivity index (χ0n) is 8.74. The van der Waals surface area contributed by atoms with Crippen LogP contribution in [0.5, 0.6) is 0 Å². The van der Waals surface area contributed by atoms with Gasteiger partial charge in [0, 0.05) is 30.7 Å². The van der Waals surface area contributed by atoms with Crippen molar-refractivity contribution in [1.82, 2.24) is 9.97 Å². The van der Waals surface area contributed by atoms with Gasteiger partial charge in [0.05, 0.1) is 5.69 Å². The summed E-state index contributed by atoms with van der Waals surface area (Å²) in [6.07, 6.45) is 4.74. The average Bonchev–Trinajstić information content (AvgIpc) is 2.33. The first-order valence-corrected chi connectivity index (χ1v) is 5.04. The SMILES string of the molecule is Nc1ccncc1CC(O)c1ccccn1. The Morgan fingerprint density at radius 3 is 2.81 bits per heavy atom. The van der Waals surface area contributed by atoms with Crippen LogP contribution in [0.25, 0.3) is 0 Å². The number of rotatable bonds is 3. The molecule has 2 aromatic rings. The average molecular weight is 215 g/mol. The second-order valence-corrected chi connectivity index (χ2v) is 3.55. The molecule has 16 heavy (non-hydrogen) atoms. The van der Waals surface area contributed by atoms with Crippen LogP contribution in [0.4, 0.5) is 5.69 Å². The van der Waals surface area contributed by atoms with Crippen LogP contribution < -0.4 is 5.73 Å². The third-order valence-corrected chi connectivity index (χ3v) is 2.38. The third kappa shape index (κ3) is 2.35. The molecule has 4 nitrogen and oxygen atoms in total. The summed E-state index contributed by atoms with van der Waals surface area (Å²) < 4.78 is 0. The minimum atomic E-state index is -0.646. The first-order chi connectivity index (χ1) is 7.77. The van der Waals surface area contributed by atoms with Crippen LogP contribution in [0.3, 0.4) is 0 Å². The molecule has 1 atom stereocenters. The molecule has 0 aliphatic heterocycles. The van der Waals surface area contributed by atoms with E-state index in [-0.39, 0.29) is 0 Å². The van der Waals surface area contributed by atoms with E-state index in [9.17, 15) is 5.11 Å². The summed E-state index contributed by atoms with van der Waals surface area (Å²) in [5.41, 5.74) is 7.90. The largest absolute Gasteiger partial charge is 0.398 e. The van der Waals surface area contributed by atoms with Gasteiger partial charge in [0.15, 0.2) is 0 Å². The number of aliphatic hydroxyl groups excluding tert-OH is 1. The number of nitrogens with zero attached hydrogens (tertiary/aromatic N) is 2. The van der Waals surface area contributed by atoms with E-state index in [1.165, 1.54) is 0 Å². The maximum atomic E-state index is 9.95. The summed E-state index contributed by atoms with van der Waals surface area (Å²) >= 11 is 0. The van der Waals surface area contributed by atoms with Crippen molar-refractivity contribution < 1.29 is 5.11 Å². The van der Waals surface area contributed by atoms with Gasteiger partial charge in [0.2, 0.25) is 0 Å². The lowest BCUT2D eigenvalue weighted by molar-refractivity contribution is 0.173. The molecule has 0 fully saturated rings. The van der Waals surface area contributed by atoms with Crippen LogP contribution in [0.2, 0.25) is 0 Å². The fraction of sp³-hybridized carbons (Fsp3) is 0.167. The standard InChI is InChI=1S/C12H13N3O/c13-10-4-6-14-8-9(10)7-12(16)11-3-1-2-5-15-11/h1-6,8,12,16H,7H2,(H2,13,14). The monoisotopic (exact) mass is 215 g/mol. The van der Waals surface area contributed by atoms with Gasteiger partial charge >= 0.3 is 0 Å². The lowest BCUT2D eigenvalue weighted by Crippen LogP contribution is -2.06. The van der Waals surface area contributed by atoms with E-state index >= 15 is 0 Å². The summed E-state index contributed by atoms with van der Waals surface area (Å²) in [5, 5.41) is 9.95. The number of hydrogen-bond donors (Lipinski definition) is 2. The van der Waals surface area contributed by atoms with Gasteiger partial charge in [-0.3, -0.25) is 9.97 Å². The minimum Gasteiger partial charge on any atom is -0.398 e. The summed E-state index contributed by atoms with van der Waals surface area (Å²) in [6.45, 7) is 0. The quantitative estimate of drug-likeness (QED) is 0.810. The third-order valence-electron chi connectivity index (χ3n) is 2.38. The van der Waals surface area contributed by atoms with E-state index in [2.05, 4.69) is 9.97 Å². The highest BCUT2D eigenvalue weighted by atomic mass is 16.3. The Labute approximate surface area is 93.8 Å². The number of hydrogen-bond acceptors (Lipinski definition) is 4. The molecule has 82 valence electrons. The maximum Gasteiger partial charge on any atom is 0.100 e. The minimum absolute atomic E-state index is 0.427. The second kappa shape index (κ2) is 4.72. The van der Waals surface area contributed by atoms with E-state index in [1.54, 1.807) is 30.7 Å². The van der Waals surface area contributed by atoms with Crippen molar-refractivity contribution in [1.29, 1.82) is 0 Å². The number of aromatic nitrogens is 2. The predicted octanol–water partition coefficient (Wildman–Crippen LogP) is 1.33. The molecule has 0 spiro atoms. The van der Waals surface area contributed by atoms with Crippen molar-refractivity contribution in [3.8, 4) is 0 Å². The highest BCUT2D eigenvalue weighted by Gasteiger charge is 2.11. The first-order valence-electron chi connectivity index (χ1n) is 5.04. The predicted molar refractivity (Wildman–Crippen MR) is 61.6 cm³/mol. The second-order valence-electron chi connectivity index (χ2n) is 3.55. The van der Waals surface area contributed by atoms with E-state index in [1.807, 2.05) is 12.1 Å². The van der Waals surface area contributed by atoms with Crippen molar-refractivity contribution >= 4 is 5.69 Å². The van der Waals surface area contributed by atoms with Gasteiger partial charge in [-0.1, -0.05) is 6.07 Å². The molecule has 2 heterocycles. The molecule has 4 heteroatoms. The van der Waals surface area contributed by atoms with Crippen molar-refractivity contribution in [3.05, 3.63) is 54.1 Å². The molecule has 2 aromatic heterocycles. The number of anilines is 1. The molecule has 0 saturated heterocycles. The zero-order valence-corrected chi connectivity index (χ0v) is 8.74. The Hall–Kier alpha value is -1.94. The first kappa shape index (κ1) is 10.6. The van der Waals surface area contributed by atoms with E-state index in [0.29, 0.717) is 17.8 Å². The van der Waals surface area contributed by atoms with Crippen LogP contribution in [0.15, 0.2) is 42.9 Å². The van der Waals surface area contributed by atoms with Gasteiger partial charge < -0.3 is 10.8 Å². The summed E-state index contributed by atoms with van der Waals surface area (Å²) in [6, 6.07) is 7.17. The molecule has 0 saturated carbocycles. The van der Waals surface area contributed by atoms with Crippen molar-refractivity contribution in [2.45, 2.75) is 12.5 Å². The van der Waals surface area contributed by atoms with Crippen molar-refractivity contribution in [3.63, 3.8) is 0 Å². The van der Waals surface area contributed by atoms with Crippen LogP contribution in [-0.2, 0) is 6.42 Å². The fourth-order valence-electron chi connectivity index (χ4n) is 1.49. The molecule has 1 unspecified atom stereocenters. The number of nitrogen functional groups attached to an aromatic ring is 1. The molecular formula is C12H13N3O. The Bertz CT molecular complexity index is 459. The lowest BCUT2D eigenvalue weighted by Gasteiger charge is -2.10. The molecule has 2 rings (SSSR count). The van der Waals surface area contributed by atoms with Gasteiger partial charge in [-0.2, -0.15) is 0 Å². The Balaban J connectivity index is 2.14. The van der Waals surface area contributed by atoms with Gasteiger partial charge in [0.25, 0.3) is 0 Å². The van der Waals surface area contributed by atoms with Gasteiger partial charge in [-0.05, 0) is 23.8 Å². The molecule has 0 aromatic carbocycles. The van der Waals surface area contributed by atoms with Crippen molar-refractivity contribution in [2.24, 2.45) is 0 Å². The van der Waals surface area contributed by atoms with Gasteiger partial charge in [-0.25, -0.2) is 0 Å². The topological polar surface area (TPSA) is 72.0 Å². The van der Waals surface area contributed by atoms with Gasteiger partial charge in [-0.15, -0.1) is 0 Å². The summed E-state index contributed by atoms with van der Waals surface area (Å²) in [5.74, 6) is 0. The maximum absolute atomic E-state index is 9.95. The van der Waals surface area contributed by atoms with Crippen LogP contribution in [0, 0.1) is 0 Å². The zero-order chi connectivity index (χ0) is 11.4. The Kier molecular flexibility index (Phi) is 3.12. The van der Waals surface area contributed by atoms with E-state index < -0.39 is 6.10 Å². The normalized spacial score (nSPS) is 12.3. The van der Waals surface area contributed by atoms with E-state index in [0.717, 1.165) is 5.56 Å². The highest BCUT2D eigenvalue weighted by molar-refractivity contribution is 5.44. The molecule has 0 amide bonds. The Morgan fingerprint density at radius 1 is 1.25 bits per heavy atom. The van der Waals surface area contributed by atoms with Crippen LogP contribution >= 0.6 is 0 Å². The highest BCUT2D eigenvalue weighted by Crippen LogP contribution is 2.19. The van der Waals surface area contributed by atoms with Gasteiger partial charge in [0.1, 0.15) is 6.10 Å². The summed E-state index contributed by atoms with van der Waals surface area (Å²) in [7, 11) is 0.